The summed E-state index contributed by atoms with van der Waals surface area (Å²) in [6.45, 7) is 4.74. The van der Waals surface area contributed by atoms with Gasteiger partial charge in [-0.15, -0.1) is 0 Å². The van der Waals surface area contributed by atoms with E-state index in [4.69, 9.17) is 10.6 Å². The molecule has 0 amide bonds. The van der Waals surface area contributed by atoms with Crippen LogP contribution in [0.15, 0.2) is 23.2 Å². The molecule has 18 heavy (non-hydrogen) atoms. The molecule has 0 saturated heterocycles. The van der Waals surface area contributed by atoms with E-state index in [9.17, 15) is 4.39 Å². The lowest BCUT2D eigenvalue weighted by Crippen LogP contribution is -2.36. The van der Waals surface area contributed by atoms with E-state index in [2.05, 4.69) is 29.6 Å². The highest BCUT2D eigenvalue weighted by Crippen LogP contribution is 2.24. The van der Waals surface area contributed by atoms with E-state index in [1.165, 1.54) is 19.2 Å². The number of benzene rings is 1. The average molecular weight is 254 g/mol. The lowest BCUT2D eigenvalue weighted by molar-refractivity contribution is 0.413. The fourth-order valence-electron chi connectivity index (χ4n) is 1.29. The van der Waals surface area contributed by atoms with Gasteiger partial charge in [0.2, 0.25) is 5.96 Å². The van der Waals surface area contributed by atoms with Crippen molar-refractivity contribution >= 4 is 11.6 Å². The van der Waals surface area contributed by atoms with Gasteiger partial charge in [0.25, 0.3) is 0 Å². The molecular weight excluding hydrogens is 235 g/mol. The minimum atomic E-state index is -0.362. The van der Waals surface area contributed by atoms with Crippen molar-refractivity contribution in [2.45, 2.75) is 13.8 Å². The van der Waals surface area contributed by atoms with Crippen LogP contribution in [0.3, 0.4) is 0 Å². The molecule has 0 bridgehead atoms. The molecule has 1 rings (SSSR count). The maximum Gasteiger partial charge on any atom is 0.210 e. The molecule has 0 radical (unpaired) electrons. The first-order valence-corrected chi connectivity index (χ1v) is 5.68. The van der Waals surface area contributed by atoms with Crippen molar-refractivity contribution in [3.05, 3.63) is 24.0 Å². The third-order valence-electron chi connectivity index (χ3n) is 2.17. The van der Waals surface area contributed by atoms with E-state index in [0.29, 0.717) is 29.9 Å². The molecule has 1 aromatic rings. The molecule has 0 atom stereocenters. The number of guanidine groups is 1. The van der Waals surface area contributed by atoms with E-state index in [1.807, 2.05) is 0 Å². The van der Waals surface area contributed by atoms with Crippen LogP contribution in [-0.4, -0.2) is 19.6 Å². The van der Waals surface area contributed by atoms with Gasteiger partial charge in [-0.25, -0.2) is 10.2 Å². The number of ether oxygens (including phenoxy) is 1. The number of nitrogens with one attached hydrogen (secondary N) is 2. The number of hydrogen-bond acceptors (Lipinski definition) is 3. The van der Waals surface area contributed by atoms with Gasteiger partial charge in [0.05, 0.1) is 12.8 Å². The first-order chi connectivity index (χ1) is 8.56. The molecule has 0 aliphatic carbocycles. The molecule has 0 spiro atoms. The number of nitrogens with two attached hydrogens (primary N) is 1. The number of nitrogens with zero attached hydrogens (tertiary/aromatic N) is 1. The molecule has 0 heterocycles. The first kappa shape index (κ1) is 14.2. The number of rotatable bonds is 4. The maximum atomic E-state index is 13.0. The van der Waals surface area contributed by atoms with Gasteiger partial charge in [-0.2, -0.15) is 0 Å². The lowest BCUT2D eigenvalue weighted by Gasteiger charge is -2.13. The maximum absolute atomic E-state index is 13.0. The lowest BCUT2D eigenvalue weighted by atomic mass is 10.2. The molecule has 6 heteroatoms. The van der Waals surface area contributed by atoms with Crippen molar-refractivity contribution < 1.29 is 9.13 Å². The summed E-state index contributed by atoms with van der Waals surface area (Å²) in [6, 6.07) is 4.19. The van der Waals surface area contributed by atoms with Crippen molar-refractivity contribution in [3.8, 4) is 5.75 Å². The molecule has 4 N–H and O–H groups in total. The minimum absolute atomic E-state index is 0.362. The smallest absolute Gasteiger partial charge is 0.210 e. The summed E-state index contributed by atoms with van der Waals surface area (Å²) in [5.74, 6) is 6.23. The number of hydrazine groups is 1. The number of anilines is 1. The van der Waals surface area contributed by atoms with E-state index in [-0.39, 0.29) is 5.82 Å². The normalized spacial score (nSPS) is 11.6. The second-order valence-electron chi connectivity index (χ2n) is 4.20. The number of hydrogen-bond donors (Lipinski definition) is 3. The average Bonchev–Trinajstić information content (AvgIpc) is 2.35. The van der Waals surface area contributed by atoms with Gasteiger partial charge in [0.1, 0.15) is 11.6 Å². The summed E-state index contributed by atoms with van der Waals surface area (Å²) in [5.41, 5.74) is 3.06. The van der Waals surface area contributed by atoms with Crippen LogP contribution in [0.5, 0.6) is 5.75 Å². The highest BCUT2D eigenvalue weighted by Gasteiger charge is 2.06. The molecule has 0 aliphatic rings. The Kier molecular flexibility index (Phi) is 5.38. The zero-order chi connectivity index (χ0) is 13.5. The van der Waals surface area contributed by atoms with Gasteiger partial charge in [-0.3, -0.25) is 10.4 Å². The van der Waals surface area contributed by atoms with Crippen LogP contribution in [0, 0.1) is 11.7 Å². The van der Waals surface area contributed by atoms with Crippen LogP contribution in [0.2, 0.25) is 0 Å². The standard InChI is InChI=1S/C12H19FN4O/c1-8(2)7-15-12(17-14)16-10-5-4-9(13)6-11(10)18-3/h4-6,8H,7,14H2,1-3H3,(H2,15,16,17). The van der Waals surface area contributed by atoms with Gasteiger partial charge >= 0.3 is 0 Å². The van der Waals surface area contributed by atoms with Crippen LogP contribution >= 0.6 is 0 Å². The van der Waals surface area contributed by atoms with Crippen LogP contribution in [-0.2, 0) is 0 Å². The zero-order valence-electron chi connectivity index (χ0n) is 10.8. The predicted molar refractivity (Wildman–Crippen MR) is 71.0 cm³/mol. The number of aliphatic imine (C=N–C) groups is 1. The summed E-state index contributed by atoms with van der Waals surface area (Å²) in [7, 11) is 1.47. The second kappa shape index (κ2) is 6.80. The van der Waals surface area contributed by atoms with Crippen LogP contribution in [0.1, 0.15) is 13.8 Å². The fourth-order valence-corrected chi connectivity index (χ4v) is 1.29. The van der Waals surface area contributed by atoms with Gasteiger partial charge in [-0.05, 0) is 18.1 Å². The molecule has 0 aromatic heterocycles. The van der Waals surface area contributed by atoms with Crippen molar-refractivity contribution in [1.82, 2.24) is 5.43 Å². The highest BCUT2D eigenvalue weighted by molar-refractivity contribution is 5.94. The molecule has 100 valence electrons. The van der Waals surface area contributed by atoms with Crippen molar-refractivity contribution in [3.63, 3.8) is 0 Å². The van der Waals surface area contributed by atoms with Crippen LogP contribution in [0.25, 0.3) is 0 Å². The van der Waals surface area contributed by atoms with Crippen molar-refractivity contribution in [2.24, 2.45) is 16.8 Å². The third kappa shape index (κ3) is 4.21. The fraction of sp³-hybridized carbons (Fsp3) is 0.417. The van der Waals surface area contributed by atoms with E-state index < -0.39 is 0 Å². The van der Waals surface area contributed by atoms with Crippen molar-refractivity contribution in [1.29, 1.82) is 0 Å². The summed E-state index contributed by atoms with van der Waals surface area (Å²) in [5, 5.41) is 2.95. The van der Waals surface area contributed by atoms with E-state index in [1.54, 1.807) is 6.07 Å². The molecule has 0 saturated carbocycles. The minimum Gasteiger partial charge on any atom is -0.494 e. The number of methoxy groups -OCH3 is 1. The molecular formula is C12H19FN4O. The molecule has 1 aromatic carbocycles. The Morgan fingerprint density at radius 2 is 2.22 bits per heavy atom. The molecule has 5 nitrogen and oxygen atoms in total. The van der Waals surface area contributed by atoms with Gasteiger partial charge in [0.15, 0.2) is 0 Å². The summed E-state index contributed by atoms with van der Waals surface area (Å²) in [6.07, 6.45) is 0. The second-order valence-corrected chi connectivity index (χ2v) is 4.20. The highest BCUT2D eigenvalue weighted by atomic mass is 19.1. The quantitative estimate of drug-likeness (QED) is 0.331. The van der Waals surface area contributed by atoms with Gasteiger partial charge in [0, 0.05) is 12.6 Å². The monoisotopic (exact) mass is 254 g/mol. The Morgan fingerprint density at radius 1 is 1.50 bits per heavy atom. The Morgan fingerprint density at radius 3 is 2.78 bits per heavy atom. The molecule has 0 aliphatic heterocycles. The molecule has 0 unspecified atom stereocenters. The largest absolute Gasteiger partial charge is 0.494 e. The first-order valence-electron chi connectivity index (χ1n) is 5.68. The number of halogens is 1. The van der Waals surface area contributed by atoms with Crippen molar-refractivity contribution in [2.75, 3.05) is 19.0 Å². The van der Waals surface area contributed by atoms with E-state index in [0.717, 1.165) is 0 Å². The predicted octanol–water partition coefficient (Wildman–Crippen LogP) is 1.72. The Bertz CT molecular complexity index is 421. The summed E-state index contributed by atoms with van der Waals surface area (Å²) < 4.78 is 18.1. The van der Waals surface area contributed by atoms with Crippen LogP contribution in [0.4, 0.5) is 10.1 Å². The Labute approximate surface area is 106 Å². The Balaban J connectivity index is 2.84. The summed E-state index contributed by atoms with van der Waals surface area (Å²) >= 11 is 0. The third-order valence-corrected chi connectivity index (χ3v) is 2.17. The summed E-state index contributed by atoms with van der Waals surface area (Å²) in [4.78, 5) is 4.25. The van der Waals surface area contributed by atoms with Crippen LogP contribution < -0.4 is 21.3 Å². The zero-order valence-corrected chi connectivity index (χ0v) is 10.8. The SMILES string of the molecule is COc1cc(F)ccc1NC(=NCC(C)C)NN. The van der Waals surface area contributed by atoms with Gasteiger partial charge in [-0.1, -0.05) is 13.8 Å². The van der Waals surface area contributed by atoms with E-state index >= 15 is 0 Å². The molecule has 0 fully saturated rings. The topological polar surface area (TPSA) is 71.7 Å². The van der Waals surface area contributed by atoms with Gasteiger partial charge < -0.3 is 10.1 Å². The Hall–Kier alpha value is -1.82.